The first-order chi connectivity index (χ1) is 16.4. The van der Waals surface area contributed by atoms with Crippen LogP contribution < -0.4 is 14.4 Å². The van der Waals surface area contributed by atoms with Crippen molar-refractivity contribution >= 4 is 38.1 Å². The number of ether oxygens (including phenoxy) is 1. The molecule has 1 aliphatic rings. The lowest BCUT2D eigenvalue weighted by atomic mass is 9.92. The maximum atomic E-state index is 13.0. The molecule has 1 fully saturated rings. The fourth-order valence-corrected chi connectivity index (χ4v) is 6.32. The molecular formula is C24H27N3O5S2. The van der Waals surface area contributed by atoms with Gasteiger partial charge >= 0.3 is 5.97 Å². The van der Waals surface area contributed by atoms with E-state index < -0.39 is 16.0 Å². The standard InChI is InChI=1S/C24H27N3O5S2/c1-32-21-14-19(23(28)29)11-12-20(21)26-34(30,31)22-16-33-24(25-22)27-13-5-8-18(15-27)10-9-17-6-3-2-4-7-17/h2-4,6-7,11-12,14,16,18,26H,5,8-10,13,15H2,1H3,(H,28,29). The number of nitrogens with one attached hydrogen (secondary N) is 1. The number of carboxylic acid groups (broad SMARTS) is 1. The summed E-state index contributed by atoms with van der Waals surface area (Å²) >= 11 is 1.31. The second-order valence-electron chi connectivity index (χ2n) is 8.27. The summed E-state index contributed by atoms with van der Waals surface area (Å²) < 4.78 is 33.5. The number of aryl methyl sites for hydroxylation is 1. The van der Waals surface area contributed by atoms with Gasteiger partial charge in [0.1, 0.15) is 5.75 Å². The molecule has 0 aliphatic carbocycles. The highest BCUT2D eigenvalue weighted by Crippen LogP contribution is 2.32. The minimum absolute atomic E-state index is 0.00246. The zero-order valence-corrected chi connectivity index (χ0v) is 20.4. The van der Waals surface area contributed by atoms with Crippen LogP contribution >= 0.6 is 11.3 Å². The van der Waals surface area contributed by atoms with E-state index >= 15 is 0 Å². The van der Waals surface area contributed by atoms with E-state index in [1.807, 2.05) is 6.07 Å². The summed E-state index contributed by atoms with van der Waals surface area (Å²) in [5, 5.41) is 11.3. The molecule has 1 aromatic heterocycles. The fourth-order valence-electron chi connectivity index (χ4n) is 4.11. The number of methoxy groups -OCH3 is 1. The van der Waals surface area contributed by atoms with Crippen LogP contribution in [0.4, 0.5) is 10.8 Å². The molecule has 0 radical (unpaired) electrons. The third kappa shape index (κ3) is 5.68. The van der Waals surface area contributed by atoms with Gasteiger partial charge in [0.2, 0.25) is 0 Å². The molecule has 4 rings (SSSR count). The number of nitrogens with zero attached hydrogens (tertiary/aromatic N) is 2. The van der Waals surface area contributed by atoms with E-state index in [1.165, 1.54) is 47.6 Å². The number of aromatic nitrogens is 1. The highest BCUT2D eigenvalue weighted by Gasteiger charge is 2.25. The highest BCUT2D eigenvalue weighted by atomic mass is 32.2. The van der Waals surface area contributed by atoms with Crippen molar-refractivity contribution in [2.45, 2.75) is 30.7 Å². The predicted octanol–water partition coefficient (Wildman–Crippen LogP) is 4.50. The summed E-state index contributed by atoms with van der Waals surface area (Å²) in [5.41, 5.74) is 1.49. The van der Waals surface area contributed by atoms with Gasteiger partial charge < -0.3 is 14.7 Å². The zero-order valence-electron chi connectivity index (χ0n) is 18.8. The van der Waals surface area contributed by atoms with Gasteiger partial charge in [-0.05, 0) is 55.4 Å². The number of hydrogen-bond acceptors (Lipinski definition) is 7. The normalized spacial score (nSPS) is 16.3. The van der Waals surface area contributed by atoms with Crippen molar-refractivity contribution in [3.8, 4) is 5.75 Å². The van der Waals surface area contributed by atoms with Crippen molar-refractivity contribution in [1.29, 1.82) is 0 Å². The summed E-state index contributed by atoms with van der Waals surface area (Å²) in [6.45, 7) is 1.71. The van der Waals surface area contributed by atoms with Crippen LogP contribution in [-0.4, -0.2) is 44.7 Å². The summed E-state index contributed by atoms with van der Waals surface area (Å²) in [4.78, 5) is 17.8. The largest absolute Gasteiger partial charge is 0.495 e. The molecule has 1 atom stereocenters. The SMILES string of the molecule is COc1cc(C(=O)O)ccc1NS(=O)(=O)c1csc(N2CCCC(CCc3ccccc3)C2)n1. The van der Waals surface area contributed by atoms with Crippen LogP contribution in [0.1, 0.15) is 35.2 Å². The molecule has 0 saturated carbocycles. The molecule has 10 heteroatoms. The monoisotopic (exact) mass is 501 g/mol. The van der Waals surface area contributed by atoms with Crippen molar-refractivity contribution in [3.05, 3.63) is 65.0 Å². The predicted molar refractivity (Wildman–Crippen MR) is 133 cm³/mol. The molecule has 2 N–H and O–H groups in total. The Balaban J connectivity index is 1.43. The minimum Gasteiger partial charge on any atom is -0.495 e. The molecule has 1 aliphatic heterocycles. The topological polar surface area (TPSA) is 109 Å². The number of benzene rings is 2. The molecule has 2 heterocycles. The molecule has 0 bridgehead atoms. The number of carbonyl (C=O) groups is 1. The second-order valence-corrected chi connectivity index (χ2v) is 10.7. The number of rotatable bonds is 9. The van der Waals surface area contributed by atoms with Crippen molar-refractivity contribution in [2.75, 3.05) is 29.8 Å². The average molecular weight is 502 g/mol. The van der Waals surface area contributed by atoms with E-state index in [2.05, 4.69) is 38.9 Å². The van der Waals surface area contributed by atoms with E-state index in [0.717, 1.165) is 38.8 Å². The van der Waals surface area contributed by atoms with Gasteiger partial charge in [0.15, 0.2) is 10.2 Å². The number of aromatic carboxylic acids is 1. The number of hydrogen-bond donors (Lipinski definition) is 2. The van der Waals surface area contributed by atoms with Gasteiger partial charge in [-0.15, -0.1) is 11.3 Å². The highest BCUT2D eigenvalue weighted by molar-refractivity contribution is 7.92. The Labute approximate surface area is 203 Å². The second kappa shape index (κ2) is 10.4. The maximum Gasteiger partial charge on any atom is 0.335 e. The van der Waals surface area contributed by atoms with Crippen LogP contribution in [0.3, 0.4) is 0 Å². The van der Waals surface area contributed by atoms with Crippen LogP contribution in [0.2, 0.25) is 0 Å². The lowest BCUT2D eigenvalue weighted by molar-refractivity contribution is 0.0696. The lowest BCUT2D eigenvalue weighted by Gasteiger charge is -2.32. The summed E-state index contributed by atoms with van der Waals surface area (Å²) in [7, 11) is -2.61. The summed E-state index contributed by atoms with van der Waals surface area (Å²) in [6.07, 6.45) is 4.33. The van der Waals surface area contributed by atoms with Crippen molar-refractivity contribution in [1.82, 2.24) is 4.98 Å². The van der Waals surface area contributed by atoms with E-state index in [9.17, 15) is 13.2 Å². The first-order valence-electron chi connectivity index (χ1n) is 11.0. The van der Waals surface area contributed by atoms with Gasteiger partial charge in [0, 0.05) is 18.5 Å². The molecule has 0 spiro atoms. The number of sulfonamides is 1. The molecule has 1 unspecified atom stereocenters. The van der Waals surface area contributed by atoms with Crippen molar-refractivity contribution in [3.63, 3.8) is 0 Å². The molecule has 3 aromatic rings. The van der Waals surface area contributed by atoms with Gasteiger partial charge in [0.25, 0.3) is 10.0 Å². The Bertz CT molecular complexity index is 1240. The molecule has 34 heavy (non-hydrogen) atoms. The number of carboxylic acids is 1. The van der Waals surface area contributed by atoms with Crippen LogP contribution in [0.5, 0.6) is 5.75 Å². The molecule has 2 aromatic carbocycles. The minimum atomic E-state index is -3.96. The van der Waals surface area contributed by atoms with Crippen molar-refractivity contribution in [2.24, 2.45) is 5.92 Å². The molecular weight excluding hydrogens is 474 g/mol. The van der Waals surface area contributed by atoms with Crippen LogP contribution in [0.25, 0.3) is 0 Å². The Morgan fingerprint density at radius 2 is 2.06 bits per heavy atom. The van der Waals surface area contributed by atoms with E-state index in [1.54, 1.807) is 0 Å². The van der Waals surface area contributed by atoms with E-state index in [4.69, 9.17) is 9.84 Å². The Morgan fingerprint density at radius 1 is 1.26 bits per heavy atom. The third-order valence-corrected chi connectivity index (χ3v) is 8.21. The first-order valence-corrected chi connectivity index (χ1v) is 13.4. The first kappa shape index (κ1) is 24.0. The molecule has 0 amide bonds. The maximum absolute atomic E-state index is 13.0. The Morgan fingerprint density at radius 3 is 2.79 bits per heavy atom. The van der Waals surface area contributed by atoms with E-state index in [-0.39, 0.29) is 22.0 Å². The molecule has 8 nitrogen and oxygen atoms in total. The van der Waals surface area contributed by atoms with Gasteiger partial charge in [-0.1, -0.05) is 30.3 Å². The quantitative estimate of drug-likeness (QED) is 0.444. The number of piperidine rings is 1. The van der Waals surface area contributed by atoms with Gasteiger partial charge in [-0.3, -0.25) is 4.72 Å². The molecule has 180 valence electrons. The molecule has 1 saturated heterocycles. The van der Waals surface area contributed by atoms with Crippen LogP contribution in [0, 0.1) is 5.92 Å². The summed E-state index contributed by atoms with van der Waals surface area (Å²) in [6, 6.07) is 14.4. The smallest absolute Gasteiger partial charge is 0.335 e. The van der Waals surface area contributed by atoms with Gasteiger partial charge in [-0.25, -0.2) is 9.78 Å². The van der Waals surface area contributed by atoms with Crippen LogP contribution in [-0.2, 0) is 16.4 Å². The zero-order chi connectivity index (χ0) is 24.1. The van der Waals surface area contributed by atoms with Gasteiger partial charge in [-0.2, -0.15) is 8.42 Å². The summed E-state index contributed by atoms with van der Waals surface area (Å²) in [5.74, 6) is -0.468. The Kier molecular flexibility index (Phi) is 7.38. The fraction of sp³-hybridized carbons (Fsp3) is 0.333. The Hall–Kier alpha value is -3.11. The van der Waals surface area contributed by atoms with E-state index in [0.29, 0.717) is 11.0 Å². The number of anilines is 2. The van der Waals surface area contributed by atoms with Gasteiger partial charge in [0.05, 0.1) is 18.4 Å². The average Bonchev–Trinajstić information content (AvgIpc) is 3.35. The van der Waals surface area contributed by atoms with Crippen LogP contribution in [0.15, 0.2) is 58.9 Å². The van der Waals surface area contributed by atoms with Crippen molar-refractivity contribution < 1.29 is 23.1 Å². The third-order valence-electron chi connectivity index (χ3n) is 5.91. The number of thiazole rings is 1. The lowest BCUT2D eigenvalue weighted by Crippen LogP contribution is -2.35.